The van der Waals surface area contributed by atoms with Gasteiger partial charge < -0.3 is 16.0 Å². The fraction of sp³-hybridized carbons (Fsp3) is 0.818. The molecule has 1 atom stereocenters. The fourth-order valence-corrected chi connectivity index (χ4v) is 1.17. The first-order valence-corrected chi connectivity index (χ1v) is 5.49. The van der Waals surface area contributed by atoms with Gasteiger partial charge in [-0.25, -0.2) is 0 Å². The van der Waals surface area contributed by atoms with Gasteiger partial charge in [0.05, 0.1) is 12.6 Å². The van der Waals surface area contributed by atoms with E-state index in [4.69, 9.17) is 5.73 Å². The number of nitrogens with two attached hydrogens (primary N) is 1. The van der Waals surface area contributed by atoms with Crippen molar-refractivity contribution in [1.29, 1.82) is 0 Å². The Balaban J connectivity index is 4.60. The SMILES string of the molecule is CCN(CC(=O)NC)C(=O)[C@H](N)C(C)(C)C. The summed E-state index contributed by atoms with van der Waals surface area (Å²) in [5.74, 6) is -0.366. The van der Waals surface area contributed by atoms with Crippen LogP contribution in [0.5, 0.6) is 0 Å². The summed E-state index contributed by atoms with van der Waals surface area (Å²) < 4.78 is 0. The maximum absolute atomic E-state index is 12.0. The van der Waals surface area contributed by atoms with Crippen molar-refractivity contribution < 1.29 is 9.59 Å². The number of nitrogens with zero attached hydrogens (tertiary/aromatic N) is 1. The Morgan fingerprint density at radius 1 is 1.38 bits per heavy atom. The lowest BCUT2D eigenvalue weighted by Crippen LogP contribution is -2.52. The zero-order valence-electron chi connectivity index (χ0n) is 10.8. The van der Waals surface area contributed by atoms with Gasteiger partial charge in [-0.2, -0.15) is 0 Å². The molecule has 0 aromatic heterocycles. The molecule has 0 aliphatic rings. The van der Waals surface area contributed by atoms with E-state index >= 15 is 0 Å². The van der Waals surface area contributed by atoms with Gasteiger partial charge in [0.25, 0.3) is 0 Å². The highest BCUT2D eigenvalue weighted by atomic mass is 16.2. The Bertz CT molecular complexity index is 258. The summed E-state index contributed by atoms with van der Waals surface area (Å²) in [5.41, 5.74) is 5.57. The molecule has 94 valence electrons. The van der Waals surface area contributed by atoms with E-state index < -0.39 is 6.04 Å². The highest BCUT2D eigenvalue weighted by molar-refractivity contribution is 5.87. The van der Waals surface area contributed by atoms with Gasteiger partial charge in [-0.3, -0.25) is 9.59 Å². The minimum atomic E-state index is -0.586. The van der Waals surface area contributed by atoms with Crippen LogP contribution in [0.2, 0.25) is 0 Å². The summed E-state index contributed by atoms with van der Waals surface area (Å²) in [6.07, 6.45) is 0. The number of rotatable bonds is 4. The molecule has 0 aromatic rings. The second kappa shape index (κ2) is 5.84. The molecule has 5 nitrogen and oxygen atoms in total. The van der Waals surface area contributed by atoms with Crippen LogP contribution in [0.1, 0.15) is 27.7 Å². The van der Waals surface area contributed by atoms with Crippen molar-refractivity contribution in [2.45, 2.75) is 33.7 Å². The van der Waals surface area contributed by atoms with Gasteiger partial charge in [0.2, 0.25) is 11.8 Å². The molecule has 5 heteroatoms. The van der Waals surface area contributed by atoms with Crippen molar-refractivity contribution in [3.05, 3.63) is 0 Å². The fourth-order valence-electron chi connectivity index (χ4n) is 1.17. The summed E-state index contributed by atoms with van der Waals surface area (Å²) >= 11 is 0. The minimum absolute atomic E-state index is 0.0651. The first-order chi connectivity index (χ1) is 7.23. The molecule has 0 aliphatic heterocycles. The van der Waals surface area contributed by atoms with E-state index in [1.165, 1.54) is 4.90 Å². The van der Waals surface area contributed by atoms with Gasteiger partial charge in [0.1, 0.15) is 0 Å². The third-order valence-corrected chi connectivity index (χ3v) is 2.51. The van der Waals surface area contributed by atoms with Gasteiger partial charge in [0.15, 0.2) is 0 Å². The minimum Gasteiger partial charge on any atom is -0.358 e. The monoisotopic (exact) mass is 229 g/mol. The summed E-state index contributed by atoms with van der Waals surface area (Å²) in [4.78, 5) is 24.7. The lowest BCUT2D eigenvalue weighted by Gasteiger charge is -2.31. The van der Waals surface area contributed by atoms with Crippen LogP contribution in [-0.2, 0) is 9.59 Å². The number of amides is 2. The number of carbonyl (C=O) groups excluding carboxylic acids is 2. The van der Waals surface area contributed by atoms with Crippen LogP contribution < -0.4 is 11.1 Å². The van der Waals surface area contributed by atoms with E-state index in [0.717, 1.165) is 0 Å². The highest BCUT2D eigenvalue weighted by Crippen LogP contribution is 2.18. The highest BCUT2D eigenvalue weighted by Gasteiger charge is 2.31. The van der Waals surface area contributed by atoms with E-state index in [0.29, 0.717) is 6.54 Å². The number of nitrogens with one attached hydrogen (secondary N) is 1. The van der Waals surface area contributed by atoms with Gasteiger partial charge >= 0.3 is 0 Å². The summed E-state index contributed by atoms with van der Waals surface area (Å²) in [6, 6.07) is -0.586. The first kappa shape index (κ1) is 14.9. The standard InChI is InChI=1S/C11H23N3O2/c1-6-14(7-8(15)13-5)10(16)9(12)11(2,3)4/h9H,6-7,12H2,1-5H3,(H,13,15)/t9-/m0/s1. The van der Waals surface area contributed by atoms with Crippen LogP contribution in [0, 0.1) is 5.41 Å². The van der Waals surface area contributed by atoms with Crippen LogP contribution in [-0.4, -0.2) is 42.9 Å². The van der Waals surface area contributed by atoms with E-state index in [1.807, 2.05) is 27.7 Å². The van der Waals surface area contributed by atoms with Crippen molar-refractivity contribution in [3.8, 4) is 0 Å². The predicted molar refractivity (Wildman–Crippen MR) is 63.8 cm³/mol. The second-order valence-corrected chi connectivity index (χ2v) is 4.87. The average molecular weight is 229 g/mol. The Labute approximate surface area is 97.4 Å². The van der Waals surface area contributed by atoms with Gasteiger partial charge in [-0.15, -0.1) is 0 Å². The Hall–Kier alpha value is -1.10. The second-order valence-electron chi connectivity index (χ2n) is 4.87. The normalized spacial score (nSPS) is 13.1. The van der Waals surface area contributed by atoms with Crippen molar-refractivity contribution in [3.63, 3.8) is 0 Å². The summed E-state index contributed by atoms with van der Waals surface area (Å²) in [5, 5.41) is 2.49. The molecule has 0 radical (unpaired) electrons. The number of hydrogen-bond acceptors (Lipinski definition) is 3. The van der Waals surface area contributed by atoms with E-state index in [2.05, 4.69) is 5.32 Å². The quantitative estimate of drug-likeness (QED) is 0.710. The van der Waals surface area contributed by atoms with Gasteiger partial charge in [0, 0.05) is 13.6 Å². The maximum Gasteiger partial charge on any atom is 0.240 e. The third-order valence-electron chi connectivity index (χ3n) is 2.51. The van der Waals surface area contributed by atoms with Crippen molar-refractivity contribution >= 4 is 11.8 Å². The van der Waals surface area contributed by atoms with Crippen molar-refractivity contribution in [1.82, 2.24) is 10.2 Å². The largest absolute Gasteiger partial charge is 0.358 e. The lowest BCUT2D eigenvalue weighted by molar-refractivity contribution is -0.138. The van der Waals surface area contributed by atoms with Crippen LogP contribution in [0.15, 0.2) is 0 Å². The number of carbonyl (C=O) groups is 2. The van der Waals surface area contributed by atoms with E-state index in [1.54, 1.807) is 7.05 Å². The number of hydrogen-bond donors (Lipinski definition) is 2. The topological polar surface area (TPSA) is 75.4 Å². The first-order valence-electron chi connectivity index (χ1n) is 5.49. The molecule has 0 unspecified atom stereocenters. The van der Waals surface area contributed by atoms with Crippen LogP contribution in [0.25, 0.3) is 0 Å². The summed E-state index contributed by atoms with van der Waals surface area (Å²) in [7, 11) is 1.55. The van der Waals surface area contributed by atoms with E-state index in [-0.39, 0.29) is 23.8 Å². The predicted octanol–water partition coefficient (Wildman–Crippen LogP) is -0.0457. The van der Waals surface area contributed by atoms with Crippen LogP contribution in [0.4, 0.5) is 0 Å². The average Bonchev–Trinajstić information content (AvgIpc) is 2.22. The molecule has 0 aliphatic carbocycles. The number of likely N-dealkylation sites (N-methyl/N-ethyl adjacent to an activating group) is 2. The zero-order chi connectivity index (χ0) is 12.9. The Kier molecular flexibility index (Phi) is 5.44. The van der Waals surface area contributed by atoms with Crippen molar-refractivity contribution in [2.75, 3.05) is 20.1 Å². The molecule has 0 heterocycles. The van der Waals surface area contributed by atoms with Gasteiger partial charge in [-0.1, -0.05) is 20.8 Å². The molecular weight excluding hydrogens is 206 g/mol. The molecule has 3 N–H and O–H groups in total. The zero-order valence-corrected chi connectivity index (χ0v) is 10.8. The smallest absolute Gasteiger partial charge is 0.240 e. The molecular formula is C11H23N3O2. The van der Waals surface area contributed by atoms with Crippen LogP contribution >= 0.6 is 0 Å². The van der Waals surface area contributed by atoms with Gasteiger partial charge in [-0.05, 0) is 12.3 Å². The molecule has 0 rings (SSSR count). The molecule has 0 spiro atoms. The Morgan fingerprint density at radius 2 is 1.88 bits per heavy atom. The molecule has 0 aromatic carbocycles. The van der Waals surface area contributed by atoms with Crippen LogP contribution in [0.3, 0.4) is 0 Å². The third kappa shape index (κ3) is 4.18. The molecule has 0 saturated heterocycles. The molecule has 0 saturated carbocycles. The molecule has 0 bridgehead atoms. The summed E-state index contributed by atoms with van der Waals surface area (Å²) in [6.45, 7) is 8.10. The van der Waals surface area contributed by atoms with E-state index in [9.17, 15) is 9.59 Å². The molecule has 0 fully saturated rings. The molecule has 16 heavy (non-hydrogen) atoms. The van der Waals surface area contributed by atoms with Crippen molar-refractivity contribution in [2.24, 2.45) is 11.1 Å². The lowest BCUT2D eigenvalue weighted by atomic mass is 9.86. The molecule has 2 amide bonds. The Morgan fingerprint density at radius 3 is 2.19 bits per heavy atom. The maximum atomic E-state index is 12.0.